The van der Waals surface area contributed by atoms with Crippen LogP contribution in [0.5, 0.6) is 5.75 Å². The SMILES string of the molecule is CCC(C)Oc1cc(C)ccc1CNC(=O)c1c[nH]c(C)cc1=O. The van der Waals surface area contributed by atoms with Crippen LogP contribution in [0.15, 0.2) is 35.3 Å². The predicted octanol–water partition coefficient (Wildman–Crippen LogP) is 3.10. The molecule has 1 unspecified atom stereocenters. The Kier molecular flexibility index (Phi) is 5.79. The summed E-state index contributed by atoms with van der Waals surface area (Å²) in [6, 6.07) is 7.29. The fourth-order valence-corrected chi connectivity index (χ4v) is 2.24. The van der Waals surface area contributed by atoms with Crippen molar-refractivity contribution in [1.29, 1.82) is 0 Å². The van der Waals surface area contributed by atoms with Crippen LogP contribution < -0.4 is 15.5 Å². The van der Waals surface area contributed by atoms with Crippen LogP contribution in [-0.2, 0) is 6.54 Å². The molecule has 1 amide bonds. The molecule has 2 N–H and O–H groups in total. The monoisotopic (exact) mass is 328 g/mol. The lowest BCUT2D eigenvalue weighted by atomic mass is 10.1. The minimum atomic E-state index is -0.397. The van der Waals surface area contributed by atoms with Gasteiger partial charge in [-0.1, -0.05) is 19.1 Å². The van der Waals surface area contributed by atoms with E-state index in [1.807, 2.05) is 32.0 Å². The van der Waals surface area contributed by atoms with Crippen LogP contribution in [0.1, 0.15) is 47.4 Å². The van der Waals surface area contributed by atoms with Crippen LogP contribution in [0.2, 0.25) is 0 Å². The minimum Gasteiger partial charge on any atom is -0.490 e. The van der Waals surface area contributed by atoms with Gasteiger partial charge in [0.15, 0.2) is 5.43 Å². The summed E-state index contributed by atoms with van der Waals surface area (Å²) in [6.07, 6.45) is 2.44. The standard InChI is InChI=1S/C19H24N2O3/c1-5-14(4)24-18-8-12(2)6-7-15(18)10-21-19(23)16-11-20-13(3)9-17(16)22/h6-9,11,14H,5,10H2,1-4H3,(H,20,22)(H,21,23). The molecule has 1 atom stereocenters. The minimum absolute atomic E-state index is 0.0983. The lowest BCUT2D eigenvalue weighted by Gasteiger charge is -2.17. The van der Waals surface area contributed by atoms with Crippen LogP contribution in [-0.4, -0.2) is 17.0 Å². The Bertz CT molecular complexity index is 780. The number of amides is 1. The maximum atomic E-state index is 12.2. The molecule has 1 heterocycles. The van der Waals surface area contributed by atoms with Gasteiger partial charge in [0, 0.05) is 30.1 Å². The largest absolute Gasteiger partial charge is 0.490 e. The fraction of sp³-hybridized carbons (Fsp3) is 0.368. The molecule has 2 aromatic rings. The number of benzene rings is 1. The maximum absolute atomic E-state index is 12.2. The molecule has 0 aliphatic heterocycles. The van der Waals surface area contributed by atoms with Gasteiger partial charge in [0.1, 0.15) is 11.3 Å². The van der Waals surface area contributed by atoms with Crippen molar-refractivity contribution in [2.45, 2.75) is 46.8 Å². The van der Waals surface area contributed by atoms with Crippen LogP contribution in [0, 0.1) is 13.8 Å². The van der Waals surface area contributed by atoms with Gasteiger partial charge >= 0.3 is 0 Å². The van der Waals surface area contributed by atoms with E-state index in [-0.39, 0.29) is 17.1 Å². The number of H-pyrrole nitrogens is 1. The van der Waals surface area contributed by atoms with Crippen molar-refractivity contribution >= 4 is 5.91 Å². The number of rotatable bonds is 6. The number of nitrogens with one attached hydrogen (secondary N) is 2. The van der Waals surface area contributed by atoms with Crippen LogP contribution in [0.25, 0.3) is 0 Å². The highest BCUT2D eigenvalue weighted by atomic mass is 16.5. The van der Waals surface area contributed by atoms with Crippen molar-refractivity contribution in [2.24, 2.45) is 0 Å². The third kappa shape index (κ3) is 4.47. The molecule has 0 spiro atoms. The number of aryl methyl sites for hydroxylation is 2. The van der Waals surface area contributed by atoms with Gasteiger partial charge in [-0.15, -0.1) is 0 Å². The highest BCUT2D eigenvalue weighted by Crippen LogP contribution is 2.22. The molecule has 5 heteroatoms. The third-order valence-electron chi connectivity index (χ3n) is 3.87. The molecule has 0 fully saturated rings. The molecule has 0 saturated carbocycles. The zero-order chi connectivity index (χ0) is 17.7. The number of carbonyl (C=O) groups excluding carboxylic acids is 1. The second-order valence-corrected chi connectivity index (χ2v) is 6.02. The molecular weight excluding hydrogens is 304 g/mol. The second kappa shape index (κ2) is 7.81. The Labute approximate surface area is 142 Å². The molecule has 128 valence electrons. The molecule has 2 rings (SSSR count). The Morgan fingerprint density at radius 2 is 2.04 bits per heavy atom. The summed E-state index contributed by atoms with van der Waals surface area (Å²) < 4.78 is 5.93. The molecule has 0 bridgehead atoms. The van der Waals surface area contributed by atoms with Crippen LogP contribution in [0.4, 0.5) is 0 Å². The number of pyridine rings is 1. The van der Waals surface area contributed by atoms with Gasteiger partial charge in [0.25, 0.3) is 5.91 Å². The molecule has 24 heavy (non-hydrogen) atoms. The number of hydrogen-bond donors (Lipinski definition) is 2. The van der Waals surface area contributed by atoms with Gasteiger partial charge in [-0.05, 0) is 38.8 Å². The van der Waals surface area contributed by atoms with Crippen LogP contribution >= 0.6 is 0 Å². The topological polar surface area (TPSA) is 71.2 Å². The quantitative estimate of drug-likeness (QED) is 0.856. The van der Waals surface area contributed by atoms with Gasteiger partial charge in [-0.3, -0.25) is 9.59 Å². The highest BCUT2D eigenvalue weighted by molar-refractivity contribution is 5.93. The smallest absolute Gasteiger partial charge is 0.257 e. The van der Waals surface area contributed by atoms with Gasteiger partial charge in [-0.2, -0.15) is 0 Å². The summed E-state index contributed by atoms with van der Waals surface area (Å²) in [5.74, 6) is 0.369. The maximum Gasteiger partial charge on any atom is 0.257 e. The van der Waals surface area contributed by atoms with Crippen molar-refractivity contribution in [2.75, 3.05) is 0 Å². The summed E-state index contributed by atoms with van der Waals surface area (Å²) in [5.41, 5.74) is 2.52. The van der Waals surface area contributed by atoms with E-state index >= 15 is 0 Å². The van der Waals surface area contributed by atoms with Crippen molar-refractivity contribution in [3.8, 4) is 5.75 Å². The molecule has 1 aromatic carbocycles. The lowest BCUT2D eigenvalue weighted by Crippen LogP contribution is -2.28. The third-order valence-corrected chi connectivity index (χ3v) is 3.87. The van der Waals surface area contributed by atoms with Crippen molar-refractivity contribution in [3.05, 3.63) is 63.1 Å². The molecule has 0 radical (unpaired) electrons. The van der Waals surface area contributed by atoms with E-state index in [4.69, 9.17) is 4.74 Å². The van der Waals surface area contributed by atoms with Gasteiger partial charge in [-0.25, -0.2) is 0 Å². The van der Waals surface area contributed by atoms with E-state index in [9.17, 15) is 9.59 Å². The normalized spacial score (nSPS) is 11.8. The van der Waals surface area contributed by atoms with E-state index < -0.39 is 5.91 Å². The fourth-order valence-electron chi connectivity index (χ4n) is 2.24. The first-order valence-corrected chi connectivity index (χ1v) is 8.14. The Balaban J connectivity index is 2.13. The van der Waals surface area contributed by atoms with Crippen molar-refractivity contribution in [1.82, 2.24) is 10.3 Å². The van der Waals surface area contributed by atoms with E-state index in [2.05, 4.69) is 17.2 Å². The summed E-state index contributed by atoms with van der Waals surface area (Å²) in [7, 11) is 0. The zero-order valence-corrected chi connectivity index (χ0v) is 14.6. The molecule has 0 aliphatic rings. The average Bonchev–Trinajstić information content (AvgIpc) is 2.53. The van der Waals surface area contributed by atoms with Gasteiger partial charge in [0.05, 0.1) is 6.10 Å². The van der Waals surface area contributed by atoms with E-state index in [1.165, 1.54) is 12.3 Å². The summed E-state index contributed by atoms with van der Waals surface area (Å²) in [4.78, 5) is 27.0. The number of aromatic amines is 1. The zero-order valence-electron chi connectivity index (χ0n) is 14.6. The highest BCUT2D eigenvalue weighted by Gasteiger charge is 2.12. The number of hydrogen-bond acceptors (Lipinski definition) is 3. The first-order chi connectivity index (χ1) is 11.4. The Morgan fingerprint density at radius 1 is 1.29 bits per heavy atom. The Morgan fingerprint density at radius 3 is 2.71 bits per heavy atom. The number of carbonyl (C=O) groups is 1. The van der Waals surface area contributed by atoms with Gasteiger partial charge < -0.3 is 15.0 Å². The molecule has 0 aliphatic carbocycles. The summed E-state index contributed by atoms with van der Waals surface area (Å²) in [6.45, 7) is 8.14. The molecule has 5 nitrogen and oxygen atoms in total. The Hall–Kier alpha value is -2.56. The lowest BCUT2D eigenvalue weighted by molar-refractivity contribution is 0.0949. The van der Waals surface area contributed by atoms with Crippen molar-refractivity contribution in [3.63, 3.8) is 0 Å². The first kappa shape index (κ1) is 17.8. The summed E-state index contributed by atoms with van der Waals surface area (Å²) >= 11 is 0. The number of ether oxygens (including phenoxy) is 1. The van der Waals surface area contributed by atoms with E-state index in [0.29, 0.717) is 6.54 Å². The van der Waals surface area contributed by atoms with Crippen LogP contribution in [0.3, 0.4) is 0 Å². The van der Waals surface area contributed by atoms with E-state index in [1.54, 1.807) is 6.92 Å². The van der Waals surface area contributed by atoms with Crippen molar-refractivity contribution < 1.29 is 9.53 Å². The predicted molar refractivity (Wildman–Crippen MR) is 94.5 cm³/mol. The molecule has 0 saturated heterocycles. The average molecular weight is 328 g/mol. The second-order valence-electron chi connectivity index (χ2n) is 6.02. The van der Waals surface area contributed by atoms with E-state index in [0.717, 1.165) is 29.0 Å². The van der Waals surface area contributed by atoms with Gasteiger partial charge in [0.2, 0.25) is 0 Å². The number of aromatic nitrogens is 1. The molecular formula is C19H24N2O3. The first-order valence-electron chi connectivity index (χ1n) is 8.14. The molecule has 1 aromatic heterocycles. The summed E-state index contributed by atoms with van der Waals surface area (Å²) in [5, 5.41) is 2.79.